The molecule has 7 nitrogen and oxygen atoms in total. The normalized spacial score (nSPS) is 11.1. The van der Waals surface area contributed by atoms with E-state index in [9.17, 15) is 4.79 Å². The lowest BCUT2D eigenvalue weighted by molar-refractivity contribution is 0.0690. The van der Waals surface area contributed by atoms with Crippen molar-refractivity contribution in [2.24, 2.45) is 7.05 Å². The zero-order chi connectivity index (χ0) is 11.5. The summed E-state index contributed by atoms with van der Waals surface area (Å²) in [6.07, 6.45) is 5.80. The first kappa shape index (κ1) is 10.1. The molecule has 0 fully saturated rings. The fourth-order valence-electron chi connectivity index (χ4n) is 1.06. The molecule has 1 N–H and O–H groups in total. The zero-order valence-corrected chi connectivity index (χ0v) is 8.36. The number of nitrogens with zero attached hydrogens (tertiary/aromatic N) is 4. The molecular weight excluding hydrogens is 212 g/mol. The van der Waals surface area contributed by atoms with Crippen molar-refractivity contribution in [3.05, 3.63) is 29.7 Å². The van der Waals surface area contributed by atoms with Crippen molar-refractivity contribution in [3.8, 4) is 0 Å². The number of hydrogen-bond donors (Lipinski definition) is 1. The Morgan fingerprint density at radius 1 is 1.56 bits per heavy atom. The van der Waals surface area contributed by atoms with Crippen LogP contribution in [-0.4, -0.2) is 31.1 Å². The van der Waals surface area contributed by atoms with Gasteiger partial charge in [0.2, 0.25) is 5.89 Å². The van der Waals surface area contributed by atoms with Gasteiger partial charge in [0.15, 0.2) is 5.69 Å². The molecule has 0 aromatic carbocycles. The van der Waals surface area contributed by atoms with Crippen LogP contribution in [0.25, 0.3) is 12.2 Å². The summed E-state index contributed by atoms with van der Waals surface area (Å²) in [6.45, 7) is 0. The molecule has 2 heterocycles. The van der Waals surface area contributed by atoms with Crippen LogP contribution >= 0.6 is 0 Å². The Morgan fingerprint density at radius 2 is 2.38 bits per heavy atom. The monoisotopic (exact) mass is 220 g/mol. The largest absolute Gasteiger partial charge is 0.476 e. The molecule has 0 bridgehead atoms. The second-order valence-corrected chi connectivity index (χ2v) is 2.97. The summed E-state index contributed by atoms with van der Waals surface area (Å²) in [7, 11) is 1.70. The van der Waals surface area contributed by atoms with Gasteiger partial charge in [-0.05, 0) is 6.08 Å². The molecule has 7 heteroatoms. The summed E-state index contributed by atoms with van der Waals surface area (Å²) in [5.41, 5.74) is 0.511. The molecule has 0 amide bonds. The van der Waals surface area contributed by atoms with E-state index < -0.39 is 5.97 Å². The van der Waals surface area contributed by atoms with E-state index in [2.05, 4.69) is 15.2 Å². The smallest absolute Gasteiger partial charge is 0.357 e. The van der Waals surface area contributed by atoms with Crippen molar-refractivity contribution < 1.29 is 14.3 Å². The molecule has 2 aromatic rings. The maximum atomic E-state index is 10.5. The second kappa shape index (κ2) is 3.97. The zero-order valence-electron chi connectivity index (χ0n) is 8.36. The van der Waals surface area contributed by atoms with E-state index in [1.54, 1.807) is 19.3 Å². The number of carboxylic acids is 1. The molecule has 82 valence electrons. The fourth-order valence-corrected chi connectivity index (χ4v) is 1.06. The SMILES string of the molecule is Cn1ncc(/C=C/c2nc(C(=O)O)co2)n1. The average Bonchev–Trinajstić information content (AvgIpc) is 2.83. The first-order valence-corrected chi connectivity index (χ1v) is 4.38. The van der Waals surface area contributed by atoms with Crippen LogP contribution in [-0.2, 0) is 7.05 Å². The minimum Gasteiger partial charge on any atom is -0.476 e. The Labute approximate surface area is 90.0 Å². The van der Waals surface area contributed by atoms with Crippen molar-refractivity contribution in [1.82, 2.24) is 20.0 Å². The van der Waals surface area contributed by atoms with Gasteiger partial charge in [0.05, 0.1) is 6.20 Å². The summed E-state index contributed by atoms with van der Waals surface area (Å²) in [5, 5.41) is 16.5. The standard InChI is InChI=1S/C9H8N4O3/c1-13-10-4-6(12-13)2-3-8-11-7(5-16-8)9(14)15/h2-5H,1H3,(H,14,15)/b3-2+. The molecule has 0 aliphatic carbocycles. The lowest BCUT2D eigenvalue weighted by atomic mass is 10.4. The fraction of sp³-hybridized carbons (Fsp3) is 0.111. The van der Waals surface area contributed by atoms with Crippen LogP contribution in [0.1, 0.15) is 22.1 Å². The van der Waals surface area contributed by atoms with Gasteiger partial charge in [-0.3, -0.25) is 0 Å². The molecule has 0 saturated carbocycles. The molecule has 0 radical (unpaired) electrons. The Morgan fingerprint density at radius 3 is 2.94 bits per heavy atom. The van der Waals surface area contributed by atoms with E-state index in [0.29, 0.717) is 5.69 Å². The van der Waals surface area contributed by atoms with Crippen LogP contribution in [0.4, 0.5) is 0 Å². The number of aromatic nitrogens is 4. The highest BCUT2D eigenvalue weighted by Gasteiger charge is 2.07. The molecule has 2 aromatic heterocycles. The van der Waals surface area contributed by atoms with E-state index in [-0.39, 0.29) is 11.6 Å². The first-order valence-electron chi connectivity index (χ1n) is 4.38. The first-order chi connectivity index (χ1) is 7.65. The van der Waals surface area contributed by atoms with Crippen molar-refractivity contribution in [2.75, 3.05) is 0 Å². The van der Waals surface area contributed by atoms with Gasteiger partial charge in [-0.25, -0.2) is 9.78 Å². The van der Waals surface area contributed by atoms with Gasteiger partial charge >= 0.3 is 5.97 Å². The molecule has 0 aliphatic rings. The maximum absolute atomic E-state index is 10.5. The number of rotatable bonds is 3. The van der Waals surface area contributed by atoms with Gasteiger partial charge in [-0.1, -0.05) is 0 Å². The number of hydrogen-bond acceptors (Lipinski definition) is 5. The molecule has 16 heavy (non-hydrogen) atoms. The predicted molar refractivity (Wildman–Crippen MR) is 53.4 cm³/mol. The van der Waals surface area contributed by atoms with Gasteiger partial charge in [-0.15, -0.1) is 0 Å². The number of carbonyl (C=O) groups is 1. The Bertz CT molecular complexity index is 540. The van der Waals surface area contributed by atoms with Gasteiger partial charge in [0, 0.05) is 13.1 Å². The van der Waals surface area contributed by atoms with Gasteiger partial charge < -0.3 is 9.52 Å². The molecule has 0 atom stereocenters. The van der Waals surface area contributed by atoms with Gasteiger partial charge in [0.1, 0.15) is 12.0 Å². The van der Waals surface area contributed by atoms with E-state index >= 15 is 0 Å². The summed E-state index contributed by atoms with van der Waals surface area (Å²) >= 11 is 0. The molecular formula is C9H8N4O3. The number of oxazole rings is 1. The molecule has 0 saturated heterocycles. The van der Waals surface area contributed by atoms with Gasteiger partial charge in [-0.2, -0.15) is 15.0 Å². The predicted octanol–water partition coefficient (Wildman–Crippen LogP) is 0.672. The Kier molecular flexibility index (Phi) is 2.50. The van der Waals surface area contributed by atoms with Gasteiger partial charge in [0.25, 0.3) is 0 Å². The maximum Gasteiger partial charge on any atom is 0.357 e. The van der Waals surface area contributed by atoms with E-state index in [1.165, 1.54) is 10.9 Å². The van der Waals surface area contributed by atoms with Crippen LogP contribution in [0, 0.1) is 0 Å². The topological polar surface area (TPSA) is 94.0 Å². The highest BCUT2D eigenvalue weighted by atomic mass is 16.4. The highest BCUT2D eigenvalue weighted by molar-refractivity contribution is 5.85. The summed E-state index contributed by atoms with van der Waals surface area (Å²) < 4.78 is 4.92. The Balaban J connectivity index is 2.14. The second-order valence-electron chi connectivity index (χ2n) is 2.97. The van der Waals surface area contributed by atoms with Crippen LogP contribution in [0.15, 0.2) is 16.9 Å². The summed E-state index contributed by atoms with van der Waals surface area (Å²) in [5.74, 6) is -0.911. The molecule has 0 unspecified atom stereocenters. The third-order valence-corrected chi connectivity index (χ3v) is 1.76. The van der Waals surface area contributed by atoms with Crippen LogP contribution in [0.3, 0.4) is 0 Å². The van der Waals surface area contributed by atoms with Crippen molar-refractivity contribution >= 4 is 18.1 Å². The summed E-state index contributed by atoms with van der Waals surface area (Å²) in [4.78, 5) is 15.7. The van der Waals surface area contributed by atoms with Crippen molar-refractivity contribution in [2.45, 2.75) is 0 Å². The third kappa shape index (κ3) is 2.14. The van der Waals surface area contributed by atoms with Crippen LogP contribution in [0.2, 0.25) is 0 Å². The quantitative estimate of drug-likeness (QED) is 0.816. The lowest BCUT2D eigenvalue weighted by Crippen LogP contribution is -1.95. The van der Waals surface area contributed by atoms with Crippen LogP contribution < -0.4 is 0 Å². The van der Waals surface area contributed by atoms with Crippen molar-refractivity contribution in [1.29, 1.82) is 0 Å². The third-order valence-electron chi connectivity index (χ3n) is 1.76. The number of aromatic carboxylic acids is 1. The minimum atomic E-state index is -1.12. The average molecular weight is 220 g/mol. The number of aryl methyl sites for hydroxylation is 1. The Hall–Kier alpha value is -2.44. The molecule has 2 rings (SSSR count). The summed E-state index contributed by atoms with van der Waals surface area (Å²) in [6, 6.07) is 0. The minimum absolute atomic E-state index is 0.126. The highest BCUT2D eigenvalue weighted by Crippen LogP contribution is 2.06. The number of carboxylic acid groups (broad SMARTS) is 1. The molecule has 0 spiro atoms. The molecule has 0 aliphatic heterocycles. The lowest BCUT2D eigenvalue weighted by Gasteiger charge is -1.82. The van der Waals surface area contributed by atoms with E-state index in [4.69, 9.17) is 9.52 Å². The van der Waals surface area contributed by atoms with E-state index in [0.717, 1.165) is 6.26 Å². The van der Waals surface area contributed by atoms with Crippen molar-refractivity contribution in [3.63, 3.8) is 0 Å². The van der Waals surface area contributed by atoms with E-state index in [1.807, 2.05) is 0 Å². The van der Waals surface area contributed by atoms with Crippen LogP contribution in [0.5, 0.6) is 0 Å².